The van der Waals surface area contributed by atoms with Gasteiger partial charge >= 0.3 is 0 Å². The van der Waals surface area contributed by atoms with Gasteiger partial charge in [-0.3, -0.25) is 9.79 Å². The zero-order chi connectivity index (χ0) is 16.1. The SMILES string of the molecule is CN=C(NCc1ccsc1)N1CCN(C(=O)c2ccco2)CC1. The summed E-state index contributed by atoms with van der Waals surface area (Å²) in [5.41, 5.74) is 1.25. The highest BCUT2D eigenvalue weighted by atomic mass is 32.1. The van der Waals surface area contributed by atoms with E-state index < -0.39 is 0 Å². The molecule has 0 aromatic carbocycles. The van der Waals surface area contributed by atoms with Crippen molar-refractivity contribution < 1.29 is 9.21 Å². The molecule has 1 aliphatic heterocycles. The molecule has 0 unspecified atom stereocenters. The van der Waals surface area contributed by atoms with E-state index >= 15 is 0 Å². The van der Waals surface area contributed by atoms with Gasteiger partial charge < -0.3 is 19.5 Å². The molecule has 1 amide bonds. The molecule has 0 bridgehead atoms. The first-order chi connectivity index (χ1) is 11.3. The Hall–Kier alpha value is -2.28. The van der Waals surface area contributed by atoms with Gasteiger partial charge in [0.25, 0.3) is 5.91 Å². The predicted octanol–water partition coefficient (Wildman–Crippen LogP) is 1.87. The molecule has 1 fully saturated rings. The lowest BCUT2D eigenvalue weighted by molar-refractivity contribution is 0.0657. The summed E-state index contributed by atoms with van der Waals surface area (Å²) in [4.78, 5) is 20.6. The highest BCUT2D eigenvalue weighted by molar-refractivity contribution is 7.07. The summed E-state index contributed by atoms with van der Waals surface area (Å²) in [5.74, 6) is 1.23. The zero-order valence-electron chi connectivity index (χ0n) is 13.1. The second-order valence-corrected chi connectivity index (χ2v) is 6.07. The van der Waals surface area contributed by atoms with Crippen molar-refractivity contribution >= 4 is 23.2 Å². The molecule has 122 valence electrons. The summed E-state index contributed by atoms with van der Waals surface area (Å²) in [6, 6.07) is 5.54. The molecule has 3 rings (SSSR count). The van der Waals surface area contributed by atoms with Crippen LogP contribution in [0.4, 0.5) is 0 Å². The summed E-state index contributed by atoms with van der Waals surface area (Å²) in [7, 11) is 1.79. The Balaban J connectivity index is 1.52. The van der Waals surface area contributed by atoms with E-state index in [1.807, 2.05) is 4.90 Å². The number of furan rings is 1. The van der Waals surface area contributed by atoms with E-state index in [9.17, 15) is 4.79 Å². The third kappa shape index (κ3) is 3.73. The van der Waals surface area contributed by atoms with Crippen LogP contribution in [0.15, 0.2) is 44.6 Å². The van der Waals surface area contributed by atoms with Crippen LogP contribution in [0, 0.1) is 0 Å². The Kier molecular flexibility index (Phi) is 4.97. The molecule has 6 nitrogen and oxygen atoms in total. The maximum Gasteiger partial charge on any atom is 0.289 e. The maximum absolute atomic E-state index is 12.3. The molecule has 2 aromatic heterocycles. The summed E-state index contributed by atoms with van der Waals surface area (Å²) >= 11 is 1.69. The lowest BCUT2D eigenvalue weighted by Crippen LogP contribution is -2.53. The number of nitrogens with one attached hydrogen (secondary N) is 1. The predicted molar refractivity (Wildman–Crippen MR) is 90.7 cm³/mol. The molecule has 0 radical (unpaired) electrons. The molecule has 1 aliphatic rings. The fourth-order valence-electron chi connectivity index (χ4n) is 2.58. The quantitative estimate of drug-likeness (QED) is 0.689. The van der Waals surface area contributed by atoms with Gasteiger partial charge in [0.2, 0.25) is 0 Å². The van der Waals surface area contributed by atoms with Crippen LogP contribution in [0.25, 0.3) is 0 Å². The highest BCUT2D eigenvalue weighted by Crippen LogP contribution is 2.10. The topological polar surface area (TPSA) is 61.1 Å². The summed E-state index contributed by atoms with van der Waals surface area (Å²) < 4.78 is 5.18. The van der Waals surface area contributed by atoms with Crippen molar-refractivity contribution in [3.05, 3.63) is 46.5 Å². The first-order valence-electron chi connectivity index (χ1n) is 7.57. The molecular formula is C16H20N4O2S. The van der Waals surface area contributed by atoms with Gasteiger partial charge in [0.1, 0.15) is 0 Å². The molecule has 1 saturated heterocycles. The molecule has 1 N–H and O–H groups in total. The van der Waals surface area contributed by atoms with Crippen molar-refractivity contribution in [3.63, 3.8) is 0 Å². The summed E-state index contributed by atoms with van der Waals surface area (Å²) in [6.07, 6.45) is 1.53. The number of carbonyl (C=O) groups excluding carboxylic acids is 1. The van der Waals surface area contributed by atoms with Gasteiger partial charge in [0, 0.05) is 39.8 Å². The van der Waals surface area contributed by atoms with E-state index in [2.05, 4.69) is 32.0 Å². The zero-order valence-corrected chi connectivity index (χ0v) is 13.9. The van der Waals surface area contributed by atoms with Crippen LogP contribution in [0.2, 0.25) is 0 Å². The van der Waals surface area contributed by atoms with Crippen LogP contribution in [0.3, 0.4) is 0 Å². The number of thiophene rings is 1. The van der Waals surface area contributed by atoms with E-state index in [0.29, 0.717) is 18.8 Å². The Labute approximate surface area is 139 Å². The van der Waals surface area contributed by atoms with E-state index in [1.54, 1.807) is 30.5 Å². The van der Waals surface area contributed by atoms with E-state index in [-0.39, 0.29) is 5.91 Å². The molecular weight excluding hydrogens is 312 g/mol. The van der Waals surface area contributed by atoms with Crippen LogP contribution in [0.1, 0.15) is 16.1 Å². The Morgan fingerprint density at radius 2 is 2.09 bits per heavy atom. The maximum atomic E-state index is 12.3. The second-order valence-electron chi connectivity index (χ2n) is 5.29. The number of aliphatic imine (C=N–C) groups is 1. The van der Waals surface area contributed by atoms with Crippen LogP contribution in [0.5, 0.6) is 0 Å². The number of guanidine groups is 1. The van der Waals surface area contributed by atoms with Crippen LogP contribution >= 0.6 is 11.3 Å². The lowest BCUT2D eigenvalue weighted by atomic mass is 10.3. The standard InChI is InChI=1S/C16H20N4O2S/c1-17-16(18-11-13-4-10-23-12-13)20-7-5-19(6-8-20)15(21)14-3-2-9-22-14/h2-4,9-10,12H,5-8,11H2,1H3,(H,17,18). The van der Waals surface area contributed by atoms with Crippen LogP contribution in [-0.4, -0.2) is 54.9 Å². The number of nitrogens with zero attached hydrogens (tertiary/aromatic N) is 3. The normalized spacial score (nSPS) is 15.8. The third-order valence-electron chi connectivity index (χ3n) is 3.84. The monoisotopic (exact) mass is 332 g/mol. The number of hydrogen-bond acceptors (Lipinski definition) is 4. The highest BCUT2D eigenvalue weighted by Gasteiger charge is 2.25. The van der Waals surface area contributed by atoms with Crippen molar-refractivity contribution in [1.82, 2.24) is 15.1 Å². The van der Waals surface area contributed by atoms with Crippen molar-refractivity contribution in [2.45, 2.75) is 6.54 Å². The van der Waals surface area contributed by atoms with Crippen molar-refractivity contribution in [2.24, 2.45) is 4.99 Å². The van der Waals surface area contributed by atoms with Gasteiger partial charge in [-0.15, -0.1) is 0 Å². The average molecular weight is 332 g/mol. The van der Waals surface area contributed by atoms with Crippen LogP contribution in [-0.2, 0) is 6.54 Å². The lowest BCUT2D eigenvalue weighted by Gasteiger charge is -2.36. The van der Waals surface area contributed by atoms with Gasteiger partial charge in [0.15, 0.2) is 11.7 Å². The Morgan fingerprint density at radius 1 is 1.30 bits per heavy atom. The number of hydrogen-bond donors (Lipinski definition) is 1. The summed E-state index contributed by atoms with van der Waals surface area (Å²) in [6.45, 7) is 3.62. The minimum atomic E-state index is -0.0455. The molecule has 0 spiro atoms. The first-order valence-corrected chi connectivity index (χ1v) is 8.51. The largest absolute Gasteiger partial charge is 0.459 e. The summed E-state index contributed by atoms with van der Waals surface area (Å²) in [5, 5.41) is 7.57. The molecule has 23 heavy (non-hydrogen) atoms. The van der Waals surface area contributed by atoms with Gasteiger partial charge in [-0.1, -0.05) is 0 Å². The van der Waals surface area contributed by atoms with Crippen molar-refractivity contribution in [1.29, 1.82) is 0 Å². The molecule has 7 heteroatoms. The number of carbonyl (C=O) groups is 1. The van der Waals surface area contributed by atoms with Crippen molar-refractivity contribution in [3.8, 4) is 0 Å². The van der Waals surface area contributed by atoms with Gasteiger partial charge in [-0.25, -0.2) is 0 Å². The molecule has 0 atom stereocenters. The fourth-order valence-corrected chi connectivity index (χ4v) is 3.25. The molecule has 3 heterocycles. The second kappa shape index (κ2) is 7.32. The molecule has 0 aliphatic carbocycles. The number of piperazine rings is 1. The van der Waals surface area contributed by atoms with Gasteiger partial charge in [-0.2, -0.15) is 11.3 Å². The Morgan fingerprint density at radius 3 is 2.70 bits per heavy atom. The minimum Gasteiger partial charge on any atom is -0.459 e. The first kappa shape index (κ1) is 15.6. The molecule has 2 aromatic rings. The average Bonchev–Trinajstić information content (AvgIpc) is 3.29. The number of rotatable bonds is 3. The third-order valence-corrected chi connectivity index (χ3v) is 4.57. The Bertz CT molecular complexity index is 644. The van der Waals surface area contributed by atoms with E-state index in [1.165, 1.54) is 11.8 Å². The van der Waals surface area contributed by atoms with Gasteiger partial charge in [-0.05, 0) is 34.5 Å². The fraction of sp³-hybridized carbons (Fsp3) is 0.375. The van der Waals surface area contributed by atoms with Gasteiger partial charge in [0.05, 0.1) is 6.26 Å². The van der Waals surface area contributed by atoms with Crippen molar-refractivity contribution in [2.75, 3.05) is 33.2 Å². The minimum absolute atomic E-state index is 0.0455. The van der Waals surface area contributed by atoms with Crippen LogP contribution < -0.4 is 5.32 Å². The smallest absolute Gasteiger partial charge is 0.289 e. The van der Waals surface area contributed by atoms with E-state index in [0.717, 1.165) is 25.6 Å². The molecule has 0 saturated carbocycles. The van der Waals surface area contributed by atoms with E-state index in [4.69, 9.17) is 4.42 Å². The number of amides is 1.